The number of hydrogen-bond donors (Lipinski definition) is 1. The maximum atomic E-state index is 13.1. The van der Waals surface area contributed by atoms with Crippen molar-refractivity contribution in [3.8, 4) is 0 Å². The molecule has 12 aromatic rings. The predicted molar refractivity (Wildman–Crippen MR) is 451 cm³/mol. The van der Waals surface area contributed by atoms with Crippen molar-refractivity contribution in [1.29, 1.82) is 0 Å². The molecule has 14 nitrogen and oxygen atoms in total. The molecule has 3 aromatic heterocycles. The van der Waals surface area contributed by atoms with E-state index in [2.05, 4.69) is 106 Å². The SMILES string of the molecule is Cc1cccc2ccc(CC(=O)[C@@H]3CC3c3ccc(S(=O)(=O)Cc4cncc(C5=CCNCC5)n4)cc3)cc12.Cc1cccc2ccc(CC(=O)[C@@H]3C[C@H]3c3ccc(S(=O)(=O)Cc4ncc(C5CCCC5)s4)cc3)cc12.O=C(Cc1ccc2cccc(Cl)c2c1)[C@@H]1C[C@H]1c1ccc(S(=O)(=O)Cc2ncc(C3CCCC3)s2)cc1. The van der Waals surface area contributed by atoms with Gasteiger partial charge in [-0.2, -0.15) is 0 Å². The minimum atomic E-state index is -3.58. The van der Waals surface area contributed by atoms with E-state index >= 15 is 0 Å². The Labute approximate surface area is 674 Å². The van der Waals surface area contributed by atoms with Gasteiger partial charge in [0.25, 0.3) is 0 Å². The molecule has 6 atom stereocenters. The van der Waals surface area contributed by atoms with Crippen LogP contribution in [0.25, 0.3) is 37.9 Å². The van der Waals surface area contributed by atoms with Gasteiger partial charge < -0.3 is 5.32 Å². The number of fused-ring (bicyclic) bond motifs is 3. The van der Waals surface area contributed by atoms with Crippen molar-refractivity contribution >= 4 is 119 Å². The molecule has 0 spiro atoms. The van der Waals surface area contributed by atoms with Gasteiger partial charge in [-0.3, -0.25) is 19.4 Å². The van der Waals surface area contributed by atoms with Crippen LogP contribution in [0.5, 0.6) is 0 Å². The Balaban J connectivity index is 0.000000128. The third-order valence-corrected chi connectivity index (χ3v) is 31.6. The van der Waals surface area contributed by atoms with Crippen molar-refractivity contribution in [1.82, 2.24) is 25.3 Å². The Hall–Kier alpha value is -9.05. The number of ketones is 3. The number of carbonyl (C=O) groups is 3. The van der Waals surface area contributed by atoms with Crippen LogP contribution in [0.3, 0.4) is 0 Å². The van der Waals surface area contributed by atoms with Crippen LogP contribution < -0.4 is 5.32 Å². The molecule has 0 radical (unpaired) electrons. The molecule has 1 unspecified atom stereocenters. The molecule has 5 aliphatic carbocycles. The largest absolute Gasteiger partial charge is 0.313 e. The number of Topliss-reactive ketones (excluding diaryl/α,β-unsaturated/α-hetero) is 3. The van der Waals surface area contributed by atoms with E-state index in [9.17, 15) is 39.6 Å². The quantitative estimate of drug-likeness (QED) is 0.0595. The van der Waals surface area contributed by atoms with Crippen molar-refractivity contribution in [2.24, 2.45) is 17.8 Å². The standard InChI is InChI=1S/C32H31N3O3S.C31H31NO3S2.C30H28ClNO3S2/c1-21-3-2-4-23-6-5-22(15-28(21)23)16-32(36)30-17-29(30)24-7-9-27(10-8-24)39(37,38)20-26-18-34-19-31(35-26)25-11-13-33-14-12-25;1-20-5-4-8-22-10-9-21(15-26(20)22)16-29(33)28-17-27(28)23-11-13-25(14-12-23)37(34,35)19-31-32-18-30(36-31)24-6-2-3-7-24;31-27-7-3-6-20-9-8-19(14-25(20)27)15-28(33)26-16-24(26)21-10-12-23(13-11-21)37(34,35)18-30-32-17-29(36-30)22-4-1-2-5-22/h2-11,15,18-19,29-30,33H,12-14,16-17,20H2,1H3;4-5,8-15,18,24,27-28H,2-3,6-7,16-17,19H2,1H3;3,6-14,17,22,24,26H,1-2,4-5,15-16,18H2/t29?,30-;27-,28+;24-,26+/m100/s1. The number of rotatable bonds is 24. The predicted octanol–water partition coefficient (Wildman–Crippen LogP) is 19.9. The summed E-state index contributed by atoms with van der Waals surface area (Å²) in [5.41, 5.74) is 10.8. The maximum Gasteiger partial charge on any atom is 0.184 e. The molecule has 0 saturated heterocycles. The number of halogens is 1. The first-order chi connectivity index (χ1) is 54.6. The molecule has 0 amide bonds. The van der Waals surface area contributed by atoms with E-state index in [1.54, 1.807) is 53.9 Å². The lowest BCUT2D eigenvalue weighted by Crippen LogP contribution is -2.20. The van der Waals surface area contributed by atoms with Crippen LogP contribution in [-0.4, -0.2) is 75.6 Å². The van der Waals surface area contributed by atoms with Gasteiger partial charge in [-0.25, -0.2) is 40.2 Å². The lowest BCUT2D eigenvalue weighted by molar-refractivity contribution is -0.120. The first-order valence-corrected chi connectivity index (χ1v) is 46.4. The topological polar surface area (TPSA) is 217 Å². The van der Waals surface area contributed by atoms with Crippen molar-refractivity contribution in [3.63, 3.8) is 0 Å². The zero-order chi connectivity index (χ0) is 78.1. The fraction of sp³-hybridized carbons (Fsp3) is 0.323. The number of thiazole rings is 2. The van der Waals surface area contributed by atoms with Crippen LogP contribution in [0.4, 0.5) is 0 Å². The fourth-order valence-corrected chi connectivity index (χ4v) is 23.8. The van der Waals surface area contributed by atoms with E-state index in [0.29, 0.717) is 61.6 Å². The van der Waals surface area contributed by atoms with Gasteiger partial charge in [0.2, 0.25) is 0 Å². The van der Waals surface area contributed by atoms with E-state index < -0.39 is 29.5 Å². The highest BCUT2D eigenvalue weighted by Crippen LogP contribution is 2.51. The highest BCUT2D eigenvalue weighted by Gasteiger charge is 2.46. The highest BCUT2D eigenvalue weighted by molar-refractivity contribution is 7.91. The number of aromatic nitrogens is 4. The Kier molecular flexibility index (Phi) is 23.0. The van der Waals surface area contributed by atoms with Gasteiger partial charge in [0.1, 0.15) is 38.9 Å². The molecule has 20 heteroatoms. The third kappa shape index (κ3) is 18.4. The molecule has 578 valence electrons. The van der Waals surface area contributed by atoms with Crippen LogP contribution in [0.2, 0.25) is 5.02 Å². The fourth-order valence-electron chi connectivity index (χ4n) is 16.9. The normalized spacial score (nSPS) is 19.6. The van der Waals surface area contributed by atoms with E-state index in [4.69, 9.17) is 11.6 Å². The van der Waals surface area contributed by atoms with Crippen molar-refractivity contribution in [2.45, 2.75) is 172 Å². The molecular formula is C93H90ClN5O9S5. The molecule has 5 fully saturated rings. The average Bonchev–Trinajstić information content (AvgIpc) is 1.63. The van der Waals surface area contributed by atoms with E-state index in [1.807, 2.05) is 97.3 Å². The minimum Gasteiger partial charge on any atom is -0.313 e. The number of hydrogen-bond acceptors (Lipinski definition) is 16. The van der Waals surface area contributed by atoms with Gasteiger partial charge in [0.15, 0.2) is 29.5 Å². The third-order valence-electron chi connectivity index (χ3n) is 23.7. The molecule has 113 heavy (non-hydrogen) atoms. The summed E-state index contributed by atoms with van der Waals surface area (Å²) in [6, 6.07) is 58.1. The molecule has 5 saturated carbocycles. The van der Waals surface area contributed by atoms with E-state index in [-0.39, 0.29) is 75.0 Å². The highest BCUT2D eigenvalue weighted by atomic mass is 35.5. The molecule has 6 aliphatic rings. The van der Waals surface area contributed by atoms with Crippen molar-refractivity contribution in [3.05, 3.63) is 294 Å². The van der Waals surface area contributed by atoms with Gasteiger partial charge in [0, 0.05) is 82.3 Å². The first kappa shape index (κ1) is 77.9. The van der Waals surface area contributed by atoms with E-state index in [0.717, 1.165) is 94.2 Å². The number of carbonyl (C=O) groups excluding carboxylic acids is 3. The summed E-state index contributed by atoms with van der Waals surface area (Å²) in [5, 5.41) is 12.1. The number of sulfone groups is 3. The summed E-state index contributed by atoms with van der Waals surface area (Å²) < 4.78 is 78.4. The van der Waals surface area contributed by atoms with Gasteiger partial charge in [0.05, 0.1) is 38.0 Å². The summed E-state index contributed by atoms with van der Waals surface area (Å²) in [4.78, 5) is 60.0. The van der Waals surface area contributed by atoms with Crippen molar-refractivity contribution in [2.75, 3.05) is 13.1 Å². The average molecular weight is 1620 g/mol. The van der Waals surface area contributed by atoms with E-state index in [1.165, 1.54) is 111 Å². The monoisotopic (exact) mass is 1620 g/mol. The Morgan fingerprint density at radius 2 is 0.858 bits per heavy atom. The second-order valence-electron chi connectivity index (χ2n) is 31.7. The second-order valence-corrected chi connectivity index (χ2v) is 40.3. The zero-order valence-corrected chi connectivity index (χ0v) is 68.2. The van der Waals surface area contributed by atoms with Crippen LogP contribution in [0, 0.1) is 31.6 Å². The van der Waals surface area contributed by atoms with Crippen molar-refractivity contribution < 1.29 is 39.6 Å². The number of aryl methyl sites for hydroxylation is 2. The first-order valence-electron chi connectivity index (χ1n) is 39.4. The van der Waals surface area contributed by atoms with Crippen LogP contribution in [0.15, 0.2) is 228 Å². The molecule has 18 rings (SSSR count). The summed E-state index contributed by atoms with van der Waals surface area (Å²) in [6.07, 6.45) is 23.3. The molecule has 9 aromatic carbocycles. The number of nitrogens with one attached hydrogen (secondary N) is 1. The molecule has 4 heterocycles. The number of nitrogens with zero attached hydrogens (tertiary/aromatic N) is 4. The minimum absolute atomic E-state index is 0.0117. The van der Waals surface area contributed by atoms with Gasteiger partial charge >= 0.3 is 0 Å². The summed E-state index contributed by atoms with van der Waals surface area (Å²) in [5.74, 6) is 1.96. The Morgan fingerprint density at radius 1 is 0.460 bits per heavy atom. The zero-order valence-electron chi connectivity index (χ0n) is 63.4. The lowest BCUT2D eigenvalue weighted by Gasteiger charge is -2.13. The Bertz CT molecular complexity index is 5750. The second kappa shape index (κ2) is 33.4. The van der Waals surface area contributed by atoms with Gasteiger partial charge in [-0.15, -0.1) is 22.7 Å². The van der Waals surface area contributed by atoms with Gasteiger partial charge in [-0.05, 0) is 227 Å². The lowest BCUT2D eigenvalue weighted by atomic mass is 9.98. The smallest absolute Gasteiger partial charge is 0.184 e. The van der Waals surface area contributed by atoms with Crippen LogP contribution >= 0.6 is 34.3 Å². The summed E-state index contributed by atoms with van der Waals surface area (Å²) in [7, 11) is -10.5. The molecule has 1 N–H and O–H groups in total. The maximum absolute atomic E-state index is 13.1. The number of benzene rings is 9. The summed E-state index contributed by atoms with van der Waals surface area (Å²) >= 11 is 9.42. The Morgan fingerprint density at radius 3 is 1.27 bits per heavy atom. The van der Waals surface area contributed by atoms with Crippen LogP contribution in [-0.2, 0) is 80.4 Å². The summed E-state index contributed by atoms with van der Waals surface area (Å²) in [6.45, 7) is 5.84. The molecule has 1 aliphatic heterocycles. The van der Waals surface area contributed by atoms with Crippen LogP contribution in [0.1, 0.15) is 182 Å². The van der Waals surface area contributed by atoms with Gasteiger partial charge in [-0.1, -0.05) is 177 Å². The molecule has 0 bridgehead atoms. The molecular weight excluding hydrogens is 1530 g/mol.